The third-order valence-electron chi connectivity index (χ3n) is 2.94. The summed E-state index contributed by atoms with van der Waals surface area (Å²) in [5.74, 6) is 0.216. The summed E-state index contributed by atoms with van der Waals surface area (Å²) in [5, 5.41) is 0. The van der Waals surface area contributed by atoms with E-state index in [9.17, 15) is 13.2 Å². The minimum Gasteiger partial charge on any atom is -0.305 e. The summed E-state index contributed by atoms with van der Waals surface area (Å²) in [6.45, 7) is 3.01. The molecule has 0 radical (unpaired) electrons. The SMILES string of the molecule is Cc1ccc(C(=O)CCN(C)CCS(C)(=O)=O)cc1. The molecule has 1 rings (SSSR count). The molecule has 0 N–H and O–H groups in total. The lowest BCUT2D eigenvalue weighted by Crippen LogP contribution is -2.27. The lowest BCUT2D eigenvalue weighted by Gasteiger charge is -2.15. The topological polar surface area (TPSA) is 54.5 Å². The molecule has 4 nitrogen and oxygen atoms in total. The Morgan fingerprint density at radius 2 is 1.74 bits per heavy atom. The van der Waals surface area contributed by atoms with E-state index in [-0.39, 0.29) is 11.5 Å². The number of Topliss-reactive ketones (excluding diaryl/α,β-unsaturated/α-hetero) is 1. The van der Waals surface area contributed by atoms with Crippen molar-refractivity contribution in [3.05, 3.63) is 35.4 Å². The zero-order valence-corrected chi connectivity index (χ0v) is 12.5. The fourth-order valence-electron chi connectivity index (χ4n) is 1.61. The van der Waals surface area contributed by atoms with Gasteiger partial charge in [-0.25, -0.2) is 8.42 Å². The number of hydrogen-bond donors (Lipinski definition) is 0. The van der Waals surface area contributed by atoms with Crippen molar-refractivity contribution in [2.75, 3.05) is 32.1 Å². The molecule has 0 aliphatic heterocycles. The maximum Gasteiger partial charge on any atom is 0.164 e. The van der Waals surface area contributed by atoms with Gasteiger partial charge in [-0.1, -0.05) is 29.8 Å². The highest BCUT2D eigenvalue weighted by atomic mass is 32.2. The molecule has 0 atom stereocenters. The molecule has 5 heteroatoms. The van der Waals surface area contributed by atoms with Crippen molar-refractivity contribution in [3.63, 3.8) is 0 Å². The van der Waals surface area contributed by atoms with Crippen LogP contribution in [0.5, 0.6) is 0 Å². The summed E-state index contributed by atoms with van der Waals surface area (Å²) in [5.41, 5.74) is 1.84. The Bertz CT molecular complexity index is 520. The third kappa shape index (κ3) is 6.50. The number of carbonyl (C=O) groups excluding carboxylic acids is 1. The van der Waals surface area contributed by atoms with Gasteiger partial charge in [-0.3, -0.25) is 4.79 Å². The van der Waals surface area contributed by atoms with Gasteiger partial charge in [-0.05, 0) is 14.0 Å². The van der Waals surface area contributed by atoms with E-state index >= 15 is 0 Å². The summed E-state index contributed by atoms with van der Waals surface area (Å²) in [6, 6.07) is 7.49. The zero-order valence-electron chi connectivity index (χ0n) is 11.7. The molecular weight excluding hydrogens is 262 g/mol. The van der Waals surface area contributed by atoms with Gasteiger partial charge in [0.1, 0.15) is 9.84 Å². The number of carbonyl (C=O) groups is 1. The predicted octanol–water partition coefficient (Wildman–Crippen LogP) is 1.54. The third-order valence-corrected chi connectivity index (χ3v) is 3.86. The molecule has 0 aliphatic carbocycles. The number of ketones is 1. The maximum atomic E-state index is 11.9. The van der Waals surface area contributed by atoms with Crippen molar-refractivity contribution >= 4 is 15.6 Å². The molecular formula is C14H21NO3S. The summed E-state index contributed by atoms with van der Waals surface area (Å²) in [7, 11) is -1.11. The minimum atomic E-state index is -2.94. The van der Waals surface area contributed by atoms with E-state index in [1.807, 2.05) is 43.1 Å². The first-order valence-electron chi connectivity index (χ1n) is 6.24. The molecule has 1 aromatic rings. The van der Waals surface area contributed by atoms with Gasteiger partial charge in [0.15, 0.2) is 5.78 Å². The molecule has 0 heterocycles. The second kappa shape index (κ2) is 6.82. The number of aryl methyl sites for hydroxylation is 1. The van der Waals surface area contributed by atoms with Crippen LogP contribution in [0.4, 0.5) is 0 Å². The molecule has 0 fully saturated rings. The van der Waals surface area contributed by atoms with E-state index in [2.05, 4.69) is 0 Å². The first-order valence-corrected chi connectivity index (χ1v) is 8.30. The van der Waals surface area contributed by atoms with Gasteiger partial charge in [0.25, 0.3) is 0 Å². The fourth-order valence-corrected chi connectivity index (χ4v) is 2.25. The Hall–Kier alpha value is -1.20. The van der Waals surface area contributed by atoms with Crippen LogP contribution < -0.4 is 0 Å². The summed E-state index contributed by atoms with van der Waals surface area (Å²) < 4.78 is 22.1. The second-order valence-corrected chi connectivity index (χ2v) is 7.23. The molecule has 0 aromatic heterocycles. The zero-order chi connectivity index (χ0) is 14.5. The van der Waals surface area contributed by atoms with Crippen molar-refractivity contribution in [1.82, 2.24) is 4.90 Å². The van der Waals surface area contributed by atoms with Crippen LogP contribution in [0.2, 0.25) is 0 Å². The van der Waals surface area contributed by atoms with Crippen LogP contribution in [0, 0.1) is 6.92 Å². The predicted molar refractivity (Wildman–Crippen MR) is 77.3 cm³/mol. The number of sulfone groups is 1. The fraction of sp³-hybridized carbons (Fsp3) is 0.500. The molecule has 1 aromatic carbocycles. The first-order chi connectivity index (χ1) is 8.78. The van der Waals surface area contributed by atoms with Gasteiger partial charge in [0, 0.05) is 31.3 Å². The van der Waals surface area contributed by atoms with E-state index in [0.29, 0.717) is 25.1 Å². The standard InChI is InChI=1S/C14H21NO3S/c1-12-4-6-13(7-5-12)14(16)8-9-15(2)10-11-19(3,17)18/h4-7H,8-11H2,1-3H3. The number of hydrogen-bond acceptors (Lipinski definition) is 4. The van der Waals surface area contributed by atoms with Crippen molar-refractivity contribution < 1.29 is 13.2 Å². The molecule has 0 saturated carbocycles. The van der Waals surface area contributed by atoms with Crippen LogP contribution >= 0.6 is 0 Å². The van der Waals surface area contributed by atoms with Crippen LogP contribution in [-0.4, -0.2) is 51.2 Å². The first kappa shape index (κ1) is 15.9. The average molecular weight is 283 g/mol. The van der Waals surface area contributed by atoms with Gasteiger partial charge >= 0.3 is 0 Å². The molecule has 0 aliphatic rings. The maximum absolute atomic E-state index is 11.9. The van der Waals surface area contributed by atoms with E-state index in [4.69, 9.17) is 0 Å². The highest BCUT2D eigenvalue weighted by Crippen LogP contribution is 2.06. The largest absolute Gasteiger partial charge is 0.305 e. The lowest BCUT2D eigenvalue weighted by molar-refractivity contribution is 0.0970. The van der Waals surface area contributed by atoms with Crippen LogP contribution in [0.3, 0.4) is 0 Å². The van der Waals surface area contributed by atoms with E-state index in [0.717, 1.165) is 5.56 Å². The molecule has 0 bridgehead atoms. The minimum absolute atomic E-state index is 0.0891. The molecule has 0 spiro atoms. The van der Waals surface area contributed by atoms with Crippen molar-refractivity contribution in [2.24, 2.45) is 0 Å². The summed E-state index contributed by atoms with van der Waals surface area (Å²) in [4.78, 5) is 13.8. The van der Waals surface area contributed by atoms with Gasteiger partial charge in [-0.2, -0.15) is 0 Å². The van der Waals surface area contributed by atoms with E-state index < -0.39 is 9.84 Å². The molecule has 0 amide bonds. The second-order valence-electron chi connectivity index (χ2n) is 4.97. The van der Waals surface area contributed by atoms with Crippen molar-refractivity contribution in [1.29, 1.82) is 0 Å². The number of nitrogens with zero attached hydrogens (tertiary/aromatic N) is 1. The highest BCUT2D eigenvalue weighted by Gasteiger charge is 2.09. The molecule has 19 heavy (non-hydrogen) atoms. The smallest absolute Gasteiger partial charge is 0.164 e. The monoisotopic (exact) mass is 283 g/mol. The Morgan fingerprint density at radius 3 is 2.26 bits per heavy atom. The van der Waals surface area contributed by atoms with Gasteiger partial charge in [0.05, 0.1) is 5.75 Å². The van der Waals surface area contributed by atoms with Crippen LogP contribution in [-0.2, 0) is 9.84 Å². The lowest BCUT2D eigenvalue weighted by atomic mass is 10.1. The van der Waals surface area contributed by atoms with Gasteiger partial charge < -0.3 is 4.90 Å². The summed E-state index contributed by atoms with van der Waals surface area (Å²) in [6.07, 6.45) is 1.63. The summed E-state index contributed by atoms with van der Waals surface area (Å²) >= 11 is 0. The normalized spacial score (nSPS) is 11.8. The van der Waals surface area contributed by atoms with E-state index in [1.54, 1.807) is 0 Å². The average Bonchev–Trinajstić information content (AvgIpc) is 2.33. The number of rotatable bonds is 7. The Labute approximate surface area is 115 Å². The number of benzene rings is 1. The van der Waals surface area contributed by atoms with Crippen LogP contribution in [0.15, 0.2) is 24.3 Å². The van der Waals surface area contributed by atoms with E-state index in [1.165, 1.54) is 6.26 Å². The van der Waals surface area contributed by atoms with Crippen molar-refractivity contribution in [2.45, 2.75) is 13.3 Å². The van der Waals surface area contributed by atoms with Gasteiger partial charge in [0.2, 0.25) is 0 Å². The molecule has 0 saturated heterocycles. The Balaban J connectivity index is 2.40. The van der Waals surface area contributed by atoms with Crippen LogP contribution in [0.1, 0.15) is 22.3 Å². The van der Waals surface area contributed by atoms with Crippen LogP contribution in [0.25, 0.3) is 0 Å². The Kier molecular flexibility index (Phi) is 5.69. The van der Waals surface area contributed by atoms with Crippen molar-refractivity contribution in [3.8, 4) is 0 Å². The quantitative estimate of drug-likeness (QED) is 0.712. The van der Waals surface area contributed by atoms with Gasteiger partial charge in [-0.15, -0.1) is 0 Å². The Morgan fingerprint density at radius 1 is 1.16 bits per heavy atom. The molecule has 106 valence electrons. The highest BCUT2D eigenvalue weighted by molar-refractivity contribution is 7.90. The molecule has 0 unspecified atom stereocenters.